The number of carbonyl (C=O) groups is 1. The molecule has 0 unspecified atom stereocenters. The lowest BCUT2D eigenvalue weighted by Gasteiger charge is -2.11. The maximum absolute atomic E-state index is 13.2. The van der Waals surface area contributed by atoms with Gasteiger partial charge in [-0.05, 0) is 49.6 Å². The van der Waals surface area contributed by atoms with Crippen LogP contribution in [0.25, 0.3) is 0 Å². The van der Waals surface area contributed by atoms with E-state index < -0.39 is 17.3 Å². The molecular weight excluding hydrogens is 466 g/mol. The van der Waals surface area contributed by atoms with Crippen LogP contribution in [-0.4, -0.2) is 30.2 Å². The SMILES string of the molecule is CCCn1c(=O)[nH]/c(=N\c2ccc(Oc3nc(C(=O)O)co3)c(C)c2)n(Cc2ccc(C)cc2)c1=O. The predicted molar refractivity (Wildman–Crippen MR) is 130 cm³/mol. The number of carboxylic acids is 1. The molecule has 186 valence electrons. The lowest BCUT2D eigenvalue weighted by Crippen LogP contribution is -2.50. The Morgan fingerprint density at radius 1 is 1.14 bits per heavy atom. The zero-order valence-electron chi connectivity index (χ0n) is 20.0. The van der Waals surface area contributed by atoms with Gasteiger partial charge in [-0.2, -0.15) is 4.98 Å². The second-order valence-electron chi connectivity index (χ2n) is 8.23. The van der Waals surface area contributed by atoms with Gasteiger partial charge >= 0.3 is 23.4 Å². The minimum atomic E-state index is -1.23. The molecule has 0 amide bonds. The largest absolute Gasteiger partial charge is 0.476 e. The molecule has 0 radical (unpaired) electrons. The maximum Gasteiger partial charge on any atom is 0.399 e. The lowest BCUT2D eigenvalue weighted by molar-refractivity contribution is 0.0690. The van der Waals surface area contributed by atoms with Crippen molar-refractivity contribution in [2.75, 3.05) is 0 Å². The second-order valence-corrected chi connectivity index (χ2v) is 8.23. The van der Waals surface area contributed by atoms with Gasteiger partial charge < -0.3 is 14.3 Å². The number of hydrogen-bond acceptors (Lipinski definition) is 7. The Morgan fingerprint density at radius 2 is 1.89 bits per heavy atom. The molecule has 0 aliphatic heterocycles. The number of rotatable bonds is 8. The van der Waals surface area contributed by atoms with E-state index in [1.807, 2.05) is 38.1 Å². The van der Waals surface area contributed by atoms with E-state index in [9.17, 15) is 14.4 Å². The summed E-state index contributed by atoms with van der Waals surface area (Å²) in [5, 5.41) is 8.97. The molecule has 2 N–H and O–H groups in total. The Labute approximate surface area is 205 Å². The van der Waals surface area contributed by atoms with E-state index in [-0.39, 0.29) is 30.5 Å². The minimum Gasteiger partial charge on any atom is -0.476 e. The Balaban J connectivity index is 1.73. The molecule has 0 atom stereocenters. The first-order valence-electron chi connectivity index (χ1n) is 11.3. The molecule has 4 rings (SSSR count). The van der Waals surface area contributed by atoms with Crippen molar-refractivity contribution in [1.82, 2.24) is 19.1 Å². The van der Waals surface area contributed by atoms with Crippen molar-refractivity contribution >= 4 is 11.7 Å². The van der Waals surface area contributed by atoms with E-state index in [0.717, 1.165) is 22.0 Å². The van der Waals surface area contributed by atoms with Crippen LogP contribution in [0, 0.1) is 13.8 Å². The molecule has 4 aromatic rings. The van der Waals surface area contributed by atoms with Crippen molar-refractivity contribution in [2.24, 2.45) is 4.99 Å². The van der Waals surface area contributed by atoms with Crippen LogP contribution >= 0.6 is 0 Å². The molecule has 2 aromatic carbocycles. The van der Waals surface area contributed by atoms with Crippen molar-refractivity contribution in [3.8, 4) is 11.8 Å². The predicted octanol–water partition coefficient (Wildman–Crippen LogP) is 3.12. The monoisotopic (exact) mass is 491 g/mol. The molecule has 11 heteroatoms. The summed E-state index contributed by atoms with van der Waals surface area (Å²) in [6, 6.07) is 12.7. The average molecular weight is 492 g/mol. The molecule has 2 heterocycles. The van der Waals surface area contributed by atoms with Gasteiger partial charge in [-0.1, -0.05) is 36.8 Å². The summed E-state index contributed by atoms with van der Waals surface area (Å²) in [6.07, 6.45) is 1.41. The van der Waals surface area contributed by atoms with Gasteiger partial charge in [-0.15, -0.1) is 0 Å². The van der Waals surface area contributed by atoms with Gasteiger partial charge in [0.2, 0.25) is 5.62 Å². The van der Waals surface area contributed by atoms with Gasteiger partial charge in [-0.3, -0.25) is 9.55 Å². The number of nitrogens with one attached hydrogen (secondary N) is 1. The summed E-state index contributed by atoms with van der Waals surface area (Å²) in [4.78, 5) is 47.8. The number of carboxylic acid groups (broad SMARTS) is 1. The Bertz CT molecular complexity index is 1590. The van der Waals surface area contributed by atoms with Crippen LogP contribution < -0.4 is 21.7 Å². The Morgan fingerprint density at radius 3 is 2.53 bits per heavy atom. The van der Waals surface area contributed by atoms with E-state index in [1.54, 1.807) is 25.1 Å². The fourth-order valence-electron chi connectivity index (χ4n) is 3.52. The van der Waals surface area contributed by atoms with E-state index in [4.69, 9.17) is 14.3 Å². The van der Waals surface area contributed by atoms with Gasteiger partial charge in [0.05, 0.1) is 12.2 Å². The third kappa shape index (κ3) is 5.35. The number of ether oxygens (including phenoxy) is 1. The number of H-pyrrole nitrogens is 1. The van der Waals surface area contributed by atoms with Gasteiger partial charge in [0.25, 0.3) is 0 Å². The van der Waals surface area contributed by atoms with Crippen LogP contribution in [0.1, 0.15) is 40.5 Å². The number of aromatic amines is 1. The molecule has 36 heavy (non-hydrogen) atoms. The Hall–Kier alpha value is -4.67. The van der Waals surface area contributed by atoms with Crippen molar-refractivity contribution in [2.45, 2.75) is 40.3 Å². The van der Waals surface area contributed by atoms with Crippen LogP contribution in [0.5, 0.6) is 11.8 Å². The zero-order valence-corrected chi connectivity index (χ0v) is 20.0. The fourth-order valence-corrected chi connectivity index (χ4v) is 3.52. The quantitative estimate of drug-likeness (QED) is 0.385. The zero-order chi connectivity index (χ0) is 25.8. The maximum atomic E-state index is 13.2. The molecule has 0 spiro atoms. The van der Waals surface area contributed by atoms with Gasteiger partial charge in [-0.25, -0.2) is 23.9 Å². The van der Waals surface area contributed by atoms with E-state index in [2.05, 4.69) is 15.0 Å². The Kier molecular flexibility index (Phi) is 7.00. The van der Waals surface area contributed by atoms with Crippen molar-refractivity contribution in [3.63, 3.8) is 0 Å². The van der Waals surface area contributed by atoms with Crippen molar-refractivity contribution in [1.29, 1.82) is 0 Å². The van der Waals surface area contributed by atoms with Crippen molar-refractivity contribution in [3.05, 3.63) is 97.7 Å². The molecule has 0 saturated carbocycles. The first-order chi connectivity index (χ1) is 17.2. The summed E-state index contributed by atoms with van der Waals surface area (Å²) in [6.45, 7) is 6.15. The molecule has 0 aliphatic rings. The van der Waals surface area contributed by atoms with Gasteiger partial charge in [0.15, 0.2) is 5.69 Å². The number of aryl methyl sites for hydroxylation is 2. The summed E-state index contributed by atoms with van der Waals surface area (Å²) >= 11 is 0. The third-order valence-electron chi connectivity index (χ3n) is 5.38. The summed E-state index contributed by atoms with van der Waals surface area (Å²) in [7, 11) is 0. The summed E-state index contributed by atoms with van der Waals surface area (Å²) in [5.74, 6) is -0.847. The number of benzene rings is 2. The van der Waals surface area contributed by atoms with Crippen LogP contribution in [0.2, 0.25) is 0 Å². The van der Waals surface area contributed by atoms with Crippen molar-refractivity contribution < 1.29 is 19.1 Å². The van der Waals surface area contributed by atoms with Crippen LogP contribution in [-0.2, 0) is 13.1 Å². The summed E-state index contributed by atoms with van der Waals surface area (Å²) < 4.78 is 13.2. The third-order valence-corrected chi connectivity index (χ3v) is 5.38. The normalized spacial score (nSPS) is 11.6. The highest BCUT2D eigenvalue weighted by Crippen LogP contribution is 2.27. The van der Waals surface area contributed by atoms with E-state index in [0.29, 0.717) is 23.4 Å². The molecule has 11 nitrogen and oxygen atoms in total. The molecule has 0 aliphatic carbocycles. The highest BCUT2D eigenvalue weighted by atomic mass is 16.6. The van der Waals surface area contributed by atoms with Crippen LogP contribution in [0.3, 0.4) is 0 Å². The fraction of sp³-hybridized carbons (Fsp3) is 0.240. The number of aromatic nitrogens is 4. The first kappa shape index (κ1) is 24.5. The number of hydrogen-bond donors (Lipinski definition) is 2. The number of aromatic carboxylic acids is 1. The van der Waals surface area contributed by atoms with Crippen LogP contribution in [0.15, 0.2) is 67.7 Å². The minimum absolute atomic E-state index is 0.116. The second kappa shape index (κ2) is 10.3. The lowest BCUT2D eigenvalue weighted by atomic mass is 10.1. The van der Waals surface area contributed by atoms with E-state index >= 15 is 0 Å². The van der Waals surface area contributed by atoms with E-state index in [1.165, 1.54) is 4.57 Å². The highest BCUT2D eigenvalue weighted by molar-refractivity contribution is 5.84. The average Bonchev–Trinajstić information content (AvgIpc) is 3.31. The molecular formula is C25H25N5O6. The van der Waals surface area contributed by atoms with Crippen LogP contribution in [0.4, 0.5) is 5.69 Å². The summed E-state index contributed by atoms with van der Waals surface area (Å²) in [5.41, 5.74) is 1.97. The molecule has 0 bridgehead atoms. The molecule has 0 fully saturated rings. The highest BCUT2D eigenvalue weighted by Gasteiger charge is 2.14. The van der Waals surface area contributed by atoms with Gasteiger partial charge in [0.1, 0.15) is 12.0 Å². The molecule has 2 aromatic heterocycles. The van der Waals surface area contributed by atoms with Gasteiger partial charge in [0, 0.05) is 6.54 Å². The number of nitrogens with zero attached hydrogens (tertiary/aromatic N) is 4. The standard InChI is InChI=1S/C25H25N5O6/c1-4-11-29-23(33)28-22(30(25(29)34)13-17-7-5-15(2)6-8-17)26-18-9-10-20(16(3)12-18)36-24-27-19(14-35-24)21(31)32/h5-10,12,14H,4,11,13H2,1-3H3,(H,31,32)(H,26,28,33). The smallest absolute Gasteiger partial charge is 0.399 e. The molecule has 0 saturated heterocycles. The topological polar surface area (TPSA) is 145 Å². The number of oxazole rings is 1. The first-order valence-corrected chi connectivity index (χ1v) is 11.3.